The Labute approximate surface area is 218 Å². The van der Waals surface area contributed by atoms with Gasteiger partial charge in [-0.3, -0.25) is 4.79 Å². The first kappa shape index (κ1) is 24.7. The number of aromatic nitrogens is 1. The summed E-state index contributed by atoms with van der Waals surface area (Å²) >= 11 is 8.34. The molecule has 0 aliphatic rings. The van der Waals surface area contributed by atoms with Gasteiger partial charge in [0.25, 0.3) is 0 Å². The van der Waals surface area contributed by atoms with Crippen LogP contribution < -0.4 is 20.7 Å². The van der Waals surface area contributed by atoms with E-state index < -0.39 is 0 Å². The van der Waals surface area contributed by atoms with Crippen LogP contribution in [0.25, 0.3) is 11.3 Å². The average Bonchev–Trinajstić information content (AvgIpc) is 3.33. The van der Waals surface area contributed by atoms with Crippen LogP contribution in [0.5, 0.6) is 5.75 Å². The first-order valence-corrected chi connectivity index (χ1v) is 13.0. The van der Waals surface area contributed by atoms with Crippen molar-refractivity contribution >= 4 is 62.8 Å². The molecule has 1 unspecified atom stereocenters. The number of rotatable bonds is 8. The summed E-state index contributed by atoms with van der Waals surface area (Å²) in [6.45, 7) is 1.87. The fourth-order valence-electron chi connectivity index (χ4n) is 3.22. The zero-order valence-corrected chi connectivity index (χ0v) is 21.6. The molecule has 4 rings (SSSR count). The Balaban J connectivity index is 1.33. The van der Waals surface area contributed by atoms with E-state index in [1.165, 1.54) is 23.1 Å². The minimum atomic E-state index is -0.312. The van der Waals surface area contributed by atoms with Crippen molar-refractivity contribution in [1.82, 2.24) is 4.98 Å². The molecule has 1 atom stereocenters. The largest absolute Gasteiger partial charge is 0.495 e. The quantitative estimate of drug-likeness (QED) is 0.175. The maximum Gasteiger partial charge on any atom is 0.239 e. The van der Waals surface area contributed by atoms with Gasteiger partial charge < -0.3 is 20.7 Å². The molecule has 0 saturated carbocycles. The summed E-state index contributed by atoms with van der Waals surface area (Å²) in [6, 6.07) is 25.2. The van der Waals surface area contributed by atoms with Crippen LogP contribution in [0.3, 0.4) is 0 Å². The van der Waals surface area contributed by atoms with Gasteiger partial charge >= 0.3 is 0 Å². The summed E-state index contributed by atoms with van der Waals surface area (Å²) in [5.41, 5.74) is 3.47. The number of para-hydroxylation sites is 2. The highest BCUT2D eigenvalue weighted by atomic mass is 32.2. The maximum absolute atomic E-state index is 12.8. The van der Waals surface area contributed by atoms with E-state index in [4.69, 9.17) is 17.0 Å². The van der Waals surface area contributed by atoms with E-state index in [0.29, 0.717) is 16.0 Å². The number of benzene rings is 3. The second-order valence-electron chi connectivity index (χ2n) is 7.46. The Kier molecular flexibility index (Phi) is 8.36. The second kappa shape index (κ2) is 11.8. The zero-order chi connectivity index (χ0) is 24.6. The summed E-state index contributed by atoms with van der Waals surface area (Å²) in [5.74, 6) is 0.604. The van der Waals surface area contributed by atoms with Crippen molar-refractivity contribution in [3.8, 4) is 17.0 Å². The number of hydrogen-bond acceptors (Lipinski definition) is 6. The van der Waals surface area contributed by atoms with E-state index >= 15 is 0 Å². The molecule has 9 heteroatoms. The number of thioether (sulfide) groups is 1. The Morgan fingerprint density at radius 1 is 1.00 bits per heavy atom. The standard InChI is InChI=1S/C26H24N4O2S3/c1-17(24(31)30-26-29-22(16-34-26)18-9-4-3-5-10-18)35-20-12-8-11-19(15-20)27-25(33)28-21-13-6-7-14-23(21)32-2/h3-17H,1-2H3,(H2,27,28,33)(H,29,30,31). The van der Waals surface area contributed by atoms with Gasteiger partial charge in [0.2, 0.25) is 5.91 Å². The van der Waals surface area contributed by atoms with Crippen LogP contribution in [0.15, 0.2) is 89.1 Å². The number of carbonyl (C=O) groups is 1. The average molecular weight is 521 g/mol. The van der Waals surface area contributed by atoms with Crippen LogP contribution >= 0.6 is 35.3 Å². The number of nitrogens with one attached hydrogen (secondary N) is 3. The third-order valence-electron chi connectivity index (χ3n) is 4.93. The number of anilines is 3. The Bertz CT molecular complexity index is 1310. The minimum Gasteiger partial charge on any atom is -0.495 e. The molecule has 1 heterocycles. The molecule has 0 spiro atoms. The summed E-state index contributed by atoms with van der Waals surface area (Å²) in [7, 11) is 1.62. The van der Waals surface area contributed by atoms with E-state index in [1.54, 1.807) is 7.11 Å². The predicted octanol–water partition coefficient (Wildman–Crippen LogP) is 6.75. The fraction of sp³-hybridized carbons (Fsp3) is 0.115. The Morgan fingerprint density at radius 3 is 2.57 bits per heavy atom. The van der Waals surface area contributed by atoms with Gasteiger partial charge in [0.15, 0.2) is 10.2 Å². The zero-order valence-electron chi connectivity index (χ0n) is 19.1. The topological polar surface area (TPSA) is 75.3 Å². The van der Waals surface area contributed by atoms with Crippen molar-refractivity contribution in [3.05, 3.63) is 84.2 Å². The number of nitrogens with zero attached hydrogens (tertiary/aromatic N) is 1. The predicted molar refractivity (Wildman–Crippen MR) is 151 cm³/mol. The minimum absolute atomic E-state index is 0.101. The lowest BCUT2D eigenvalue weighted by Crippen LogP contribution is -2.22. The van der Waals surface area contributed by atoms with E-state index in [1.807, 2.05) is 91.2 Å². The molecule has 0 fully saturated rings. The lowest BCUT2D eigenvalue weighted by Gasteiger charge is -2.14. The van der Waals surface area contributed by atoms with E-state index in [2.05, 4.69) is 20.9 Å². The number of methoxy groups -OCH3 is 1. The van der Waals surface area contributed by atoms with Crippen molar-refractivity contribution in [2.75, 3.05) is 23.1 Å². The van der Waals surface area contributed by atoms with Crippen LogP contribution in [0.4, 0.5) is 16.5 Å². The van der Waals surface area contributed by atoms with Crippen LogP contribution in [-0.2, 0) is 4.79 Å². The lowest BCUT2D eigenvalue weighted by molar-refractivity contribution is -0.115. The number of hydrogen-bond donors (Lipinski definition) is 3. The summed E-state index contributed by atoms with van der Waals surface area (Å²) < 4.78 is 5.35. The molecule has 0 radical (unpaired) electrons. The molecule has 178 valence electrons. The Morgan fingerprint density at radius 2 is 1.77 bits per heavy atom. The lowest BCUT2D eigenvalue weighted by atomic mass is 10.2. The molecule has 6 nitrogen and oxygen atoms in total. The third-order valence-corrected chi connectivity index (χ3v) is 6.99. The molecule has 1 amide bonds. The van der Waals surface area contributed by atoms with Gasteiger partial charge in [-0.05, 0) is 49.5 Å². The molecule has 1 aromatic heterocycles. The van der Waals surface area contributed by atoms with Crippen LogP contribution in [0.2, 0.25) is 0 Å². The highest BCUT2D eigenvalue weighted by molar-refractivity contribution is 8.00. The number of thiazole rings is 1. The van der Waals surface area contributed by atoms with Crippen LogP contribution in [0.1, 0.15) is 6.92 Å². The smallest absolute Gasteiger partial charge is 0.239 e. The number of ether oxygens (including phenoxy) is 1. The first-order chi connectivity index (χ1) is 17.0. The molecule has 35 heavy (non-hydrogen) atoms. The SMILES string of the molecule is COc1ccccc1NC(=S)Nc1cccc(SC(C)C(=O)Nc2nc(-c3ccccc3)cs2)c1. The summed E-state index contributed by atoms with van der Waals surface area (Å²) in [4.78, 5) is 18.3. The normalized spacial score (nSPS) is 11.4. The van der Waals surface area contributed by atoms with Crippen LogP contribution in [-0.4, -0.2) is 28.4 Å². The first-order valence-electron chi connectivity index (χ1n) is 10.8. The molecule has 0 aliphatic carbocycles. The molecular weight excluding hydrogens is 497 g/mol. The molecular formula is C26H24N4O2S3. The second-order valence-corrected chi connectivity index (χ2v) is 10.1. The fourth-order valence-corrected chi connectivity index (χ4v) is 5.09. The third kappa shape index (κ3) is 6.82. The highest BCUT2D eigenvalue weighted by Gasteiger charge is 2.17. The van der Waals surface area contributed by atoms with Crippen molar-refractivity contribution < 1.29 is 9.53 Å². The molecule has 0 saturated heterocycles. The van der Waals surface area contributed by atoms with Crippen molar-refractivity contribution in [3.63, 3.8) is 0 Å². The molecule has 3 aromatic carbocycles. The van der Waals surface area contributed by atoms with Crippen LogP contribution in [0, 0.1) is 0 Å². The van der Waals surface area contributed by atoms with E-state index in [0.717, 1.165) is 27.5 Å². The number of amides is 1. The van der Waals surface area contributed by atoms with Gasteiger partial charge in [-0.25, -0.2) is 4.98 Å². The highest BCUT2D eigenvalue weighted by Crippen LogP contribution is 2.29. The van der Waals surface area contributed by atoms with Gasteiger partial charge in [-0.1, -0.05) is 48.5 Å². The van der Waals surface area contributed by atoms with Crippen molar-refractivity contribution in [2.45, 2.75) is 17.1 Å². The number of carbonyl (C=O) groups excluding carboxylic acids is 1. The summed E-state index contributed by atoms with van der Waals surface area (Å²) in [5, 5.41) is 11.9. The van der Waals surface area contributed by atoms with Gasteiger partial charge in [0.05, 0.1) is 23.7 Å². The maximum atomic E-state index is 12.8. The molecule has 0 bridgehead atoms. The number of thiocarbonyl (C=S) groups is 1. The molecule has 0 aliphatic heterocycles. The van der Waals surface area contributed by atoms with Crippen molar-refractivity contribution in [2.24, 2.45) is 0 Å². The van der Waals surface area contributed by atoms with Gasteiger partial charge in [0, 0.05) is 21.5 Å². The van der Waals surface area contributed by atoms with Gasteiger partial charge in [-0.2, -0.15) is 0 Å². The Hall–Kier alpha value is -3.40. The van der Waals surface area contributed by atoms with Crippen molar-refractivity contribution in [1.29, 1.82) is 0 Å². The summed E-state index contributed by atoms with van der Waals surface area (Å²) in [6.07, 6.45) is 0. The van der Waals surface area contributed by atoms with Gasteiger partial charge in [-0.15, -0.1) is 23.1 Å². The van der Waals surface area contributed by atoms with E-state index in [-0.39, 0.29) is 11.2 Å². The monoisotopic (exact) mass is 520 g/mol. The van der Waals surface area contributed by atoms with E-state index in [9.17, 15) is 4.79 Å². The van der Waals surface area contributed by atoms with Gasteiger partial charge in [0.1, 0.15) is 5.75 Å². The molecule has 3 N–H and O–H groups in total. The molecule has 4 aromatic rings.